The van der Waals surface area contributed by atoms with Crippen LogP contribution in [0, 0.1) is 6.92 Å². The average Bonchev–Trinajstić information content (AvgIpc) is 3.09. The lowest BCUT2D eigenvalue weighted by molar-refractivity contribution is -0.155. The van der Waals surface area contributed by atoms with Crippen LogP contribution in [0.2, 0.25) is 0 Å². The third-order valence-electron chi connectivity index (χ3n) is 4.07. The molecule has 1 atom stereocenters. The second-order valence-corrected chi connectivity index (χ2v) is 7.53. The Kier molecular flexibility index (Phi) is 7.17. The molecule has 150 valence electrons. The minimum Gasteiger partial charge on any atom is -0.482 e. The Balaban J connectivity index is 1.90. The molecule has 0 saturated carbocycles. The number of carbonyl (C=O) groups excluding carboxylic acids is 3. The molecule has 0 spiro atoms. The quantitative estimate of drug-likeness (QED) is 0.657. The third-order valence-corrected chi connectivity index (χ3v) is 4.90. The van der Waals surface area contributed by atoms with E-state index in [1.165, 1.54) is 13.0 Å². The lowest BCUT2D eigenvalue weighted by atomic mass is 10.0. The van der Waals surface area contributed by atoms with Crippen LogP contribution >= 0.6 is 11.3 Å². The van der Waals surface area contributed by atoms with Crippen molar-refractivity contribution in [2.75, 3.05) is 11.9 Å². The number of hydrogen-bond donors (Lipinski definition) is 2. The second-order valence-electron chi connectivity index (χ2n) is 6.62. The largest absolute Gasteiger partial charge is 0.482 e. The van der Waals surface area contributed by atoms with Crippen molar-refractivity contribution < 1.29 is 23.9 Å². The number of esters is 1. The van der Waals surface area contributed by atoms with Crippen LogP contribution in [0.4, 0.5) is 5.00 Å². The van der Waals surface area contributed by atoms with E-state index in [4.69, 9.17) is 15.2 Å². The number of ether oxygens (including phenoxy) is 2. The van der Waals surface area contributed by atoms with Crippen molar-refractivity contribution in [3.05, 3.63) is 46.3 Å². The van der Waals surface area contributed by atoms with E-state index >= 15 is 0 Å². The molecule has 2 rings (SSSR count). The van der Waals surface area contributed by atoms with Crippen molar-refractivity contribution in [2.24, 2.45) is 5.73 Å². The van der Waals surface area contributed by atoms with Crippen LogP contribution in [0.15, 0.2) is 29.6 Å². The smallest absolute Gasteiger partial charge is 0.344 e. The van der Waals surface area contributed by atoms with Crippen LogP contribution in [0.25, 0.3) is 0 Å². The summed E-state index contributed by atoms with van der Waals surface area (Å²) in [5, 5.41) is 4.49. The molecule has 0 saturated heterocycles. The Morgan fingerprint density at radius 1 is 1.18 bits per heavy atom. The highest BCUT2D eigenvalue weighted by molar-refractivity contribution is 7.14. The van der Waals surface area contributed by atoms with E-state index in [1.54, 1.807) is 5.38 Å². The normalized spacial score (nSPS) is 11.8. The van der Waals surface area contributed by atoms with Gasteiger partial charge in [0, 0.05) is 0 Å². The zero-order chi connectivity index (χ0) is 20.8. The standard InChI is InChI=1S/C20H24N2O5S/c1-11(2)14-6-5-12(3)16(9-14)26-10-17(23)27-13(4)19(25)22-20-15(18(21)24)7-8-28-20/h5-9,11,13H,10H2,1-4H3,(H2,21,24)(H,22,25)/t13-/m1/s1. The molecule has 0 fully saturated rings. The number of amides is 2. The summed E-state index contributed by atoms with van der Waals surface area (Å²) < 4.78 is 10.7. The summed E-state index contributed by atoms with van der Waals surface area (Å²) in [6.07, 6.45) is -1.05. The van der Waals surface area contributed by atoms with Crippen molar-refractivity contribution >= 4 is 34.1 Å². The minimum absolute atomic E-state index is 0.209. The van der Waals surface area contributed by atoms with Crippen molar-refractivity contribution in [2.45, 2.75) is 39.7 Å². The number of nitrogens with two attached hydrogens (primary N) is 1. The molecule has 2 amide bonds. The first-order chi connectivity index (χ1) is 13.2. The molecule has 0 aliphatic rings. The topological polar surface area (TPSA) is 108 Å². The van der Waals surface area contributed by atoms with Gasteiger partial charge in [-0.25, -0.2) is 4.79 Å². The molecule has 0 radical (unpaired) electrons. The van der Waals surface area contributed by atoms with Gasteiger partial charge in [0.1, 0.15) is 10.8 Å². The van der Waals surface area contributed by atoms with Crippen LogP contribution in [0.3, 0.4) is 0 Å². The van der Waals surface area contributed by atoms with E-state index in [-0.39, 0.29) is 12.2 Å². The van der Waals surface area contributed by atoms with E-state index in [0.29, 0.717) is 16.7 Å². The SMILES string of the molecule is Cc1ccc(C(C)C)cc1OCC(=O)O[C@H](C)C(=O)Nc1sccc1C(N)=O. The number of nitrogens with one attached hydrogen (secondary N) is 1. The van der Waals surface area contributed by atoms with Crippen molar-refractivity contribution in [1.29, 1.82) is 0 Å². The van der Waals surface area contributed by atoms with E-state index in [9.17, 15) is 14.4 Å². The van der Waals surface area contributed by atoms with Gasteiger partial charge in [0.15, 0.2) is 12.7 Å². The van der Waals surface area contributed by atoms with E-state index in [0.717, 1.165) is 22.5 Å². The predicted molar refractivity (Wildman–Crippen MR) is 108 cm³/mol. The van der Waals surface area contributed by atoms with Gasteiger partial charge in [-0.2, -0.15) is 0 Å². The molecule has 0 aliphatic heterocycles. The molecule has 2 aromatic rings. The van der Waals surface area contributed by atoms with Crippen molar-refractivity contribution in [3.63, 3.8) is 0 Å². The zero-order valence-electron chi connectivity index (χ0n) is 16.3. The lowest BCUT2D eigenvalue weighted by Crippen LogP contribution is -2.32. The molecule has 28 heavy (non-hydrogen) atoms. The predicted octanol–water partition coefficient (Wildman–Crippen LogP) is 3.23. The van der Waals surface area contributed by atoms with Crippen LogP contribution in [-0.4, -0.2) is 30.5 Å². The Morgan fingerprint density at radius 2 is 1.89 bits per heavy atom. The van der Waals surface area contributed by atoms with Crippen LogP contribution in [0.5, 0.6) is 5.75 Å². The van der Waals surface area contributed by atoms with Gasteiger partial charge in [-0.05, 0) is 48.4 Å². The fourth-order valence-electron chi connectivity index (χ4n) is 2.37. The molecule has 1 heterocycles. The number of thiophene rings is 1. The molecule has 1 aromatic heterocycles. The molecular formula is C20H24N2O5S. The van der Waals surface area contributed by atoms with E-state index < -0.39 is 23.9 Å². The zero-order valence-corrected chi connectivity index (χ0v) is 17.1. The summed E-state index contributed by atoms with van der Waals surface area (Å²) in [5.74, 6) is -0.936. The molecule has 0 aliphatic carbocycles. The summed E-state index contributed by atoms with van der Waals surface area (Å²) in [5.41, 5.74) is 7.45. The number of benzene rings is 1. The van der Waals surface area contributed by atoms with Crippen LogP contribution in [0.1, 0.15) is 48.2 Å². The second kappa shape index (κ2) is 9.36. The van der Waals surface area contributed by atoms with Crippen molar-refractivity contribution in [1.82, 2.24) is 0 Å². The van der Waals surface area contributed by atoms with Gasteiger partial charge in [0.05, 0.1) is 5.56 Å². The number of rotatable bonds is 8. The Labute approximate surface area is 167 Å². The van der Waals surface area contributed by atoms with Gasteiger partial charge in [0.2, 0.25) is 0 Å². The highest BCUT2D eigenvalue weighted by atomic mass is 32.1. The maximum atomic E-state index is 12.2. The molecule has 0 unspecified atom stereocenters. The van der Waals surface area contributed by atoms with Crippen LogP contribution < -0.4 is 15.8 Å². The van der Waals surface area contributed by atoms with Gasteiger partial charge in [-0.1, -0.05) is 26.0 Å². The number of primary amides is 1. The van der Waals surface area contributed by atoms with Gasteiger partial charge in [-0.3, -0.25) is 9.59 Å². The summed E-state index contributed by atoms with van der Waals surface area (Å²) in [6.45, 7) is 7.15. The van der Waals surface area contributed by atoms with Gasteiger partial charge >= 0.3 is 5.97 Å². The Morgan fingerprint density at radius 3 is 2.54 bits per heavy atom. The number of anilines is 1. The van der Waals surface area contributed by atoms with Gasteiger partial charge in [0.25, 0.3) is 11.8 Å². The monoisotopic (exact) mass is 404 g/mol. The van der Waals surface area contributed by atoms with Gasteiger partial charge < -0.3 is 20.5 Å². The van der Waals surface area contributed by atoms with Crippen molar-refractivity contribution in [3.8, 4) is 5.75 Å². The molecular weight excluding hydrogens is 380 g/mol. The minimum atomic E-state index is -1.05. The van der Waals surface area contributed by atoms with Crippen LogP contribution in [-0.2, 0) is 14.3 Å². The average molecular weight is 404 g/mol. The highest BCUT2D eigenvalue weighted by Crippen LogP contribution is 2.25. The van der Waals surface area contributed by atoms with Gasteiger partial charge in [-0.15, -0.1) is 11.3 Å². The molecule has 1 aromatic carbocycles. The maximum Gasteiger partial charge on any atom is 0.344 e. The highest BCUT2D eigenvalue weighted by Gasteiger charge is 2.21. The fraction of sp³-hybridized carbons (Fsp3) is 0.350. The summed E-state index contributed by atoms with van der Waals surface area (Å²) in [4.78, 5) is 35.5. The third kappa shape index (κ3) is 5.56. The number of aryl methyl sites for hydroxylation is 1. The first kappa shape index (κ1) is 21.4. The first-order valence-electron chi connectivity index (χ1n) is 8.80. The molecule has 8 heteroatoms. The summed E-state index contributed by atoms with van der Waals surface area (Å²) in [7, 11) is 0. The fourth-order valence-corrected chi connectivity index (χ4v) is 3.16. The molecule has 7 nitrogen and oxygen atoms in total. The Bertz CT molecular complexity index is 875. The maximum absolute atomic E-state index is 12.2. The van der Waals surface area contributed by atoms with E-state index in [1.807, 2.05) is 25.1 Å². The van der Waals surface area contributed by atoms with E-state index in [2.05, 4.69) is 19.2 Å². The number of carbonyl (C=O) groups is 3. The summed E-state index contributed by atoms with van der Waals surface area (Å²) in [6, 6.07) is 7.36. The Hall–Kier alpha value is -2.87. The lowest BCUT2D eigenvalue weighted by Gasteiger charge is -2.15. The molecule has 0 bridgehead atoms. The first-order valence-corrected chi connectivity index (χ1v) is 9.68. The summed E-state index contributed by atoms with van der Waals surface area (Å²) >= 11 is 1.16. The molecule has 3 N–H and O–H groups in total. The number of hydrogen-bond acceptors (Lipinski definition) is 6.